The number of rotatable bonds is 4. The molecule has 1 fully saturated rings. The Morgan fingerprint density at radius 1 is 1.06 bits per heavy atom. The first kappa shape index (κ1) is 15.8. The van der Waals surface area contributed by atoms with Crippen LogP contribution in [0.3, 0.4) is 0 Å². The minimum absolute atomic E-state index is 0.542. The van der Waals surface area contributed by atoms with Crippen molar-refractivity contribution in [3.8, 4) is 0 Å². The lowest BCUT2D eigenvalue weighted by Gasteiger charge is -2.12. The normalized spacial score (nSPS) is 22.7. The van der Waals surface area contributed by atoms with Crippen molar-refractivity contribution in [3.05, 3.63) is 0 Å². The number of hydrogen-bond donors (Lipinski definition) is 3. The maximum atomic E-state index is 9.10. The number of hydrogen-bond acceptors (Lipinski definition) is 5. The molecule has 0 bridgehead atoms. The Hall–Kier alpha value is -1.18. The van der Waals surface area contributed by atoms with Crippen molar-refractivity contribution in [3.63, 3.8) is 0 Å². The molecule has 1 heterocycles. The summed E-state index contributed by atoms with van der Waals surface area (Å²) in [5.74, 6) is -3.65. The van der Waals surface area contributed by atoms with Crippen molar-refractivity contribution in [2.24, 2.45) is 0 Å². The summed E-state index contributed by atoms with van der Waals surface area (Å²) >= 11 is 0. The lowest BCUT2D eigenvalue weighted by atomic mass is 10.2. The van der Waals surface area contributed by atoms with Crippen molar-refractivity contribution in [1.82, 2.24) is 5.32 Å². The van der Waals surface area contributed by atoms with E-state index in [1.54, 1.807) is 14.2 Å². The van der Waals surface area contributed by atoms with E-state index in [-0.39, 0.29) is 0 Å². The molecular formula is C10H19NO6. The van der Waals surface area contributed by atoms with Crippen LogP contribution in [0.5, 0.6) is 0 Å². The fourth-order valence-electron chi connectivity index (χ4n) is 1.57. The molecule has 100 valence electrons. The molecule has 0 aliphatic carbocycles. The van der Waals surface area contributed by atoms with Crippen LogP contribution in [-0.2, 0) is 19.1 Å². The zero-order chi connectivity index (χ0) is 13.3. The van der Waals surface area contributed by atoms with Gasteiger partial charge in [0.15, 0.2) is 0 Å². The number of ether oxygens (including phenoxy) is 2. The van der Waals surface area contributed by atoms with Crippen LogP contribution in [0.2, 0.25) is 0 Å². The monoisotopic (exact) mass is 249 g/mol. The van der Waals surface area contributed by atoms with Crippen LogP contribution in [0, 0.1) is 0 Å². The summed E-state index contributed by atoms with van der Waals surface area (Å²) in [5.41, 5.74) is 0. The number of aliphatic carboxylic acids is 2. The number of carboxylic acids is 2. The second-order valence-corrected chi connectivity index (χ2v) is 3.66. The maximum Gasteiger partial charge on any atom is 0.414 e. The molecule has 1 saturated heterocycles. The summed E-state index contributed by atoms with van der Waals surface area (Å²) in [6.45, 7) is 1.64. The van der Waals surface area contributed by atoms with Gasteiger partial charge in [0, 0.05) is 26.3 Å². The van der Waals surface area contributed by atoms with Gasteiger partial charge in [-0.25, -0.2) is 9.59 Å². The molecule has 0 saturated carbocycles. The summed E-state index contributed by atoms with van der Waals surface area (Å²) in [6.07, 6.45) is 2.42. The summed E-state index contributed by atoms with van der Waals surface area (Å²) < 4.78 is 10.1. The van der Waals surface area contributed by atoms with Gasteiger partial charge in [0.1, 0.15) is 0 Å². The van der Waals surface area contributed by atoms with E-state index in [1.807, 2.05) is 0 Å². The van der Waals surface area contributed by atoms with Crippen molar-refractivity contribution >= 4 is 11.9 Å². The molecule has 0 radical (unpaired) electrons. The van der Waals surface area contributed by atoms with Gasteiger partial charge in [0.05, 0.1) is 13.2 Å². The first-order chi connectivity index (χ1) is 8.01. The Bertz CT molecular complexity index is 221. The minimum Gasteiger partial charge on any atom is -0.473 e. The first-order valence-corrected chi connectivity index (χ1v) is 5.21. The van der Waals surface area contributed by atoms with Crippen molar-refractivity contribution in [1.29, 1.82) is 0 Å². The Morgan fingerprint density at radius 3 is 1.65 bits per heavy atom. The van der Waals surface area contributed by atoms with Crippen LogP contribution in [0.1, 0.15) is 12.8 Å². The minimum atomic E-state index is -1.82. The fourth-order valence-corrected chi connectivity index (χ4v) is 1.57. The molecule has 0 aromatic carbocycles. The van der Waals surface area contributed by atoms with Crippen molar-refractivity contribution in [2.45, 2.75) is 24.9 Å². The quantitative estimate of drug-likeness (QED) is 0.580. The smallest absolute Gasteiger partial charge is 0.414 e. The zero-order valence-electron chi connectivity index (χ0n) is 10.0. The second-order valence-electron chi connectivity index (χ2n) is 3.66. The molecule has 0 amide bonds. The second kappa shape index (κ2) is 8.91. The Morgan fingerprint density at radius 2 is 1.41 bits per heavy atom. The van der Waals surface area contributed by atoms with Crippen LogP contribution in [0.15, 0.2) is 0 Å². The van der Waals surface area contributed by atoms with Crippen LogP contribution >= 0.6 is 0 Å². The van der Waals surface area contributed by atoms with E-state index in [2.05, 4.69) is 5.32 Å². The van der Waals surface area contributed by atoms with E-state index in [1.165, 1.54) is 12.8 Å². The number of methoxy groups -OCH3 is 2. The Labute approximate surface area is 99.7 Å². The third-order valence-corrected chi connectivity index (χ3v) is 2.25. The van der Waals surface area contributed by atoms with E-state index in [0.717, 1.165) is 13.2 Å². The molecule has 3 N–H and O–H groups in total. The molecule has 0 spiro atoms. The van der Waals surface area contributed by atoms with E-state index >= 15 is 0 Å². The maximum absolute atomic E-state index is 9.10. The number of carboxylic acid groups (broad SMARTS) is 2. The Kier molecular flexibility index (Phi) is 8.29. The molecule has 7 heteroatoms. The van der Waals surface area contributed by atoms with E-state index in [4.69, 9.17) is 29.3 Å². The molecular weight excluding hydrogens is 230 g/mol. The first-order valence-electron chi connectivity index (χ1n) is 5.21. The highest BCUT2D eigenvalue weighted by Crippen LogP contribution is 2.12. The molecule has 0 aromatic rings. The zero-order valence-corrected chi connectivity index (χ0v) is 10.0. The largest absolute Gasteiger partial charge is 0.473 e. The van der Waals surface area contributed by atoms with E-state index in [0.29, 0.717) is 12.1 Å². The highest BCUT2D eigenvalue weighted by molar-refractivity contribution is 6.27. The number of carbonyl (C=O) groups is 2. The predicted molar refractivity (Wildman–Crippen MR) is 59.0 cm³/mol. The van der Waals surface area contributed by atoms with Crippen LogP contribution in [0.4, 0.5) is 0 Å². The van der Waals surface area contributed by atoms with Gasteiger partial charge >= 0.3 is 11.9 Å². The summed E-state index contributed by atoms with van der Waals surface area (Å²) in [7, 11) is 3.48. The van der Waals surface area contributed by atoms with Gasteiger partial charge < -0.3 is 25.0 Å². The molecule has 7 nitrogen and oxygen atoms in total. The third-order valence-electron chi connectivity index (χ3n) is 2.25. The highest BCUT2D eigenvalue weighted by Gasteiger charge is 2.22. The van der Waals surface area contributed by atoms with Crippen molar-refractivity contribution in [2.75, 3.05) is 27.4 Å². The molecule has 1 rings (SSSR count). The summed E-state index contributed by atoms with van der Waals surface area (Å²) in [6, 6.07) is 1.08. The lowest BCUT2D eigenvalue weighted by Crippen LogP contribution is -2.34. The van der Waals surface area contributed by atoms with Gasteiger partial charge in [-0.15, -0.1) is 0 Å². The predicted octanol–water partition coefficient (Wildman–Crippen LogP) is -0.445. The van der Waals surface area contributed by atoms with Crippen LogP contribution in [0.25, 0.3) is 0 Å². The van der Waals surface area contributed by atoms with Gasteiger partial charge in [-0.2, -0.15) is 0 Å². The molecule has 1 aliphatic heterocycles. The SMILES string of the molecule is COC[C@@H]1CC[C@@H](COC)N1.O=C(O)C(=O)O. The van der Waals surface area contributed by atoms with Gasteiger partial charge in [0.2, 0.25) is 0 Å². The molecule has 1 aliphatic rings. The van der Waals surface area contributed by atoms with Crippen LogP contribution < -0.4 is 5.32 Å². The summed E-state index contributed by atoms with van der Waals surface area (Å²) in [4.78, 5) is 18.2. The fraction of sp³-hybridized carbons (Fsp3) is 0.800. The third kappa shape index (κ3) is 7.67. The van der Waals surface area contributed by atoms with Gasteiger partial charge in [-0.1, -0.05) is 0 Å². The Balaban J connectivity index is 0.000000366. The molecule has 0 aromatic heterocycles. The molecule has 17 heavy (non-hydrogen) atoms. The van der Waals surface area contributed by atoms with E-state index < -0.39 is 11.9 Å². The van der Waals surface area contributed by atoms with Gasteiger partial charge in [-0.05, 0) is 12.8 Å². The topological polar surface area (TPSA) is 105 Å². The molecule has 0 unspecified atom stereocenters. The number of nitrogens with one attached hydrogen (secondary N) is 1. The van der Waals surface area contributed by atoms with Crippen molar-refractivity contribution < 1.29 is 29.3 Å². The average Bonchev–Trinajstić information content (AvgIpc) is 2.68. The van der Waals surface area contributed by atoms with Crippen LogP contribution in [-0.4, -0.2) is 61.7 Å². The standard InChI is InChI=1S/C8H17NO2.C2H2O4/c1-10-5-7-3-4-8(9-7)6-11-2;3-1(4)2(5)6/h7-9H,3-6H2,1-2H3;(H,3,4)(H,5,6)/t7-,8-;/m0./s1. The lowest BCUT2D eigenvalue weighted by molar-refractivity contribution is -0.159. The average molecular weight is 249 g/mol. The van der Waals surface area contributed by atoms with Gasteiger partial charge in [0.25, 0.3) is 0 Å². The van der Waals surface area contributed by atoms with Gasteiger partial charge in [-0.3, -0.25) is 0 Å². The highest BCUT2D eigenvalue weighted by atomic mass is 16.5. The van der Waals surface area contributed by atoms with E-state index in [9.17, 15) is 0 Å². The molecule has 2 atom stereocenters. The summed E-state index contributed by atoms with van der Waals surface area (Å²) in [5, 5.41) is 18.2.